The topological polar surface area (TPSA) is 72.9 Å². The first-order valence-electron chi connectivity index (χ1n) is 8.85. The number of nitrogen functional groups attached to an aromatic ring is 1. The van der Waals surface area contributed by atoms with Gasteiger partial charge in [-0.2, -0.15) is 5.10 Å². The van der Waals surface area contributed by atoms with Crippen LogP contribution in [-0.2, 0) is 0 Å². The van der Waals surface area contributed by atoms with Crippen molar-refractivity contribution < 1.29 is 4.79 Å². The third-order valence-electron chi connectivity index (χ3n) is 5.08. The second kappa shape index (κ2) is 6.69. The van der Waals surface area contributed by atoms with Crippen molar-refractivity contribution in [3.63, 3.8) is 0 Å². The van der Waals surface area contributed by atoms with E-state index in [4.69, 9.17) is 10.9 Å². The van der Waals surface area contributed by atoms with Gasteiger partial charge in [-0.1, -0.05) is 55.7 Å². The van der Waals surface area contributed by atoms with Gasteiger partial charge in [-0.3, -0.25) is 14.9 Å². The molecule has 5 nitrogen and oxygen atoms in total. The molecule has 1 amide bonds. The molecule has 1 heterocycles. The van der Waals surface area contributed by atoms with Gasteiger partial charge in [0, 0.05) is 11.8 Å². The Labute approximate surface area is 146 Å². The number of aromatic nitrogens is 2. The van der Waals surface area contributed by atoms with E-state index in [-0.39, 0.29) is 5.91 Å². The van der Waals surface area contributed by atoms with Crippen LogP contribution < -0.4 is 11.3 Å². The van der Waals surface area contributed by atoms with Gasteiger partial charge >= 0.3 is 0 Å². The molecule has 1 saturated carbocycles. The number of amides is 1. The van der Waals surface area contributed by atoms with Crippen LogP contribution in [0.1, 0.15) is 48.5 Å². The fourth-order valence-corrected chi connectivity index (χ4v) is 3.72. The van der Waals surface area contributed by atoms with E-state index in [0.717, 1.165) is 23.8 Å². The summed E-state index contributed by atoms with van der Waals surface area (Å²) in [5, 5.41) is 7.08. The van der Waals surface area contributed by atoms with Crippen molar-refractivity contribution in [2.45, 2.75) is 38.1 Å². The molecule has 1 fully saturated rings. The summed E-state index contributed by atoms with van der Waals surface area (Å²) >= 11 is 0. The predicted octanol–water partition coefficient (Wildman–Crippen LogP) is 3.81. The number of nitrogens with zero attached hydrogens (tertiary/aromatic N) is 2. The molecule has 5 heteroatoms. The predicted molar refractivity (Wildman–Crippen MR) is 98.9 cm³/mol. The highest BCUT2D eigenvalue weighted by Crippen LogP contribution is 2.31. The molecule has 1 aromatic heterocycles. The van der Waals surface area contributed by atoms with Gasteiger partial charge in [0.1, 0.15) is 5.69 Å². The van der Waals surface area contributed by atoms with Crippen LogP contribution in [0.2, 0.25) is 0 Å². The van der Waals surface area contributed by atoms with E-state index < -0.39 is 0 Å². The summed E-state index contributed by atoms with van der Waals surface area (Å²) in [6.07, 6.45) is 7.79. The number of fused-ring (bicyclic) bond motifs is 1. The van der Waals surface area contributed by atoms with Crippen molar-refractivity contribution >= 4 is 16.7 Å². The summed E-state index contributed by atoms with van der Waals surface area (Å²) in [6.45, 7) is 0. The van der Waals surface area contributed by atoms with Gasteiger partial charge in [0.25, 0.3) is 5.91 Å². The molecule has 4 rings (SSSR count). The minimum absolute atomic E-state index is 0.301. The van der Waals surface area contributed by atoms with E-state index in [1.54, 1.807) is 0 Å². The van der Waals surface area contributed by atoms with Crippen molar-refractivity contribution in [1.29, 1.82) is 0 Å². The monoisotopic (exact) mass is 334 g/mol. The third kappa shape index (κ3) is 3.03. The quantitative estimate of drug-likeness (QED) is 0.434. The van der Waals surface area contributed by atoms with Crippen molar-refractivity contribution in [3.8, 4) is 11.3 Å². The average Bonchev–Trinajstić information content (AvgIpc) is 3.13. The zero-order chi connectivity index (χ0) is 17.2. The lowest BCUT2D eigenvalue weighted by molar-refractivity contribution is 0.0954. The number of hydrogen-bond donors (Lipinski definition) is 2. The molecular formula is C20H22N4O. The van der Waals surface area contributed by atoms with Gasteiger partial charge in [-0.05, 0) is 29.7 Å². The second-order valence-electron chi connectivity index (χ2n) is 6.70. The summed E-state index contributed by atoms with van der Waals surface area (Å²) in [6, 6.07) is 14.7. The molecule has 0 spiro atoms. The molecule has 1 aliphatic rings. The van der Waals surface area contributed by atoms with E-state index in [1.807, 2.05) is 29.1 Å². The van der Waals surface area contributed by atoms with Crippen LogP contribution in [-0.4, -0.2) is 15.7 Å². The van der Waals surface area contributed by atoms with Crippen molar-refractivity contribution in [2.24, 2.45) is 5.84 Å². The van der Waals surface area contributed by atoms with Crippen molar-refractivity contribution in [3.05, 3.63) is 54.2 Å². The number of carbonyl (C=O) groups is 1. The summed E-state index contributed by atoms with van der Waals surface area (Å²) < 4.78 is 1.97. The normalized spacial score (nSPS) is 15.4. The number of rotatable bonds is 3. The molecule has 1 aliphatic carbocycles. The van der Waals surface area contributed by atoms with Gasteiger partial charge in [0.2, 0.25) is 0 Å². The van der Waals surface area contributed by atoms with Crippen LogP contribution in [0.4, 0.5) is 0 Å². The molecule has 128 valence electrons. The summed E-state index contributed by atoms with van der Waals surface area (Å²) in [5.74, 6) is 5.09. The summed E-state index contributed by atoms with van der Waals surface area (Å²) in [5.41, 5.74) is 4.41. The van der Waals surface area contributed by atoms with E-state index >= 15 is 0 Å². The minimum atomic E-state index is -0.301. The Bertz CT molecular complexity index is 909. The number of benzene rings is 2. The van der Waals surface area contributed by atoms with E-state index in [9.17, 15) is 4.79 Å². The Balaban J connectivity index is 1.80. The SMILES string of the molecule is NNC(=O)c1cn(C2CCCCC2)nc1-c1ccc2ccccc2c1. The molecule has 0 aliphatic heterocycles. The lowest BCUT2D eigenvalue weighted by Crippen LogP contribution is -2.30. The second-order valence-corrected chi connectivity index (χ2v) is 6.70. The number of nitrogens with one attached hydrogen (secondary N) is 1. The molecule has 0 atom stereocenters. The molecule has 0 saturated heterocycles. The maximum absolute atomic E-state index is 12.3. The highest BCUT2D eigenvalue weighted by atomic mass is 16.2. The van der Waals surface area contributed by atoms with Gasteiger partial charge in [0.05, 0.1) is 11.6 Å². The molecule has 0 radical (unpaired) electrons. The lowest BCUT2D eigenvalue weighted by atomic mass is 9.96. The summed E-state index contributed by atoms with van der Waals surface area (Å²) in [7, 11) is 0. The smallest absolute Gasteiger partial charge is 0.269 e. The number of nitrogens with two attached hydrogens (primary N) is 1. The average molecular weight is 334 g/mol. The Kier molecular flexibility index (Phi) is 4.24. The fraction of sp³-hybridized carbons (Fsp3) is 0.300. The molecule has 0 bridgehead atoms. The maximum atomic E-state index is 12.3. The van der Waals surface area contributed by atoms with E-state index in [2.05, 4.69) is 29.7 Å². The van der Waals surface area contributed by atoms with Crippen LogP contribution in [0.3, 0.4) is 0 Å². The van der Waals surface area contributed by atoms with Gasteiger partial charge < -0.3 is 0 Å². The highest BCUT2D eigenvalue weighted by molar-refractivity contribution is 6.00. The van der Waals surface area contributed by atoms with E-state index in [1.165, 1.54) is 24.6 Å². The Hall–Kier alpha value is -2.66. The first-order chi connectivity index (χ1) is 12.3. The molecule has 25 heavy (non-hydrogen) atoms. The Morgan fingerprint density at radius 2 is 1.84 bits per heavy atom. The fourth-order valence-electron chi connectivity index (χ4n) is 3.72. The summed E-state index contributed by atoms with van der Waals surface area (Å²) in [4.78, 5) is 12.3. The van der Waals surface area contributed by atoms with Crippen molar-refractivity contribution in [2.75, 3.05) is 0 Å². The van der Waals surface area contributed by atoms with Gasteiger partial charge in [0.15, 0.2) is 0 Å². The third-order valence-corrected chi connectivity index (χ3v) is 5.08. The van der Waals surface area contributed by atoms with Crippen LogP contribution in [0.5, 0.6) is 0 Å². The number of hydrazine groups is 1. The molecule has 3 N–H and O–H groups in total. The molecular weight excluding hydrogens is 312 g/mol. The first-order valence-corrected chi connectivity index (χ1v) is 8.85. The Morgan fingerprint density at radius 1 is 1.08 bits per heavy atom. The zero-order valence-corrected chi connectivity index (χ0v) is 14.1. The maximum Gasteiger partial charge on any atom is 0.269 e. The lowest BCUT2D eigenvalue weighted by Gasteiger charge is -2.21. The first kappa shape index (κ1) is 15.8. The molecule has 3 aromatic rings. The highest BCUT2D eigenvalue weighted by Gasteiger charge is 2.22. The largest absolute Gasteiger partial charge is 0.290 e. The number of carbonyl (C=O) groups excluding carboxylic acids is 1. The van der Waals surface area contributed by atoms with Crippen LogP contribution in [0.25, 0.3) is 22.0 Å². The zero-order valence-electron chi connectivity index (χ0n) is 14.1. The Morgan fingerprint density at radius 3 is 2.60 bits per heavy atom. The van der Waals surface area contributed by atoms with Gasteiger partial charge in [-0.25, -0.2) is 5.84 Å². The van der Waals surface area contributed by atoms with Crippen LogP contribution >= 0.6 is 0 Å². The minimum Gasteiger partial charge on any atom is -0.290 e. The van der Waals surface area contributed by atoms with E-state index in [0.29, 0.717) is 17.3 Å². The van der Waals surface area contributed by atoms with Crippen molar-refractivity contribution in [1.82, 2.24) is 15.2 Å². The number of hydrogen-bond acceptors (Lipinski definition) is 3. The standard InChI is InChI=1S/C20H22N4O/c21-22-20(25)18-13-24(17-8-2-1-3-9-17)23-19(18)16-11-10-14-6-4-5-7-15(14)12-16/h4-7,10-13,17H,1-3,8-9,21H2,(H,22,25). The van der Waals surface area contributed by atoms with Gasteiger partial charge in [-0.15, -0.1) is 0 Å². The molecule has 2 aromatic carbocycles. The van der Waals surface area contributed by atoms with Crippen LogP contribution in [0, 0.1) is 0 Å². The molecule has 0 unspecified atom stereocenters. The van der Waals surface area contributed by atoms with Crippen LogP contribution in [0.15, 0.2) is 48.7 Å².